The van der Waals surface area contributed by atoms with Gasteiger partial charge in [0.05, 0.1) is 38.1 Å². The van der Waals surface area contributed by atoms with Crippen LogP contribution in [0.4, 0.5) is 0 Å². The predicted octanol–water partition coefficient (Wildman–Crippen LogP) is 8.93. The van der Waals surface area contributed by atoms with E-state index in [9.17, 15) is 24.9 Å². The summed E-state index contributed by atoms with van der Waals surface area (Å²) in [6.45, 7) is 5.10. The van der Waals surface area contributed by atoms with Crippen LogP contribution in [0.3, 0.4) is 0 Å². The fourth-order valence-corrected chi connectivity index (χ4v) is 10.8. The number of carbonyl (C=O) groups is 2. The van der Waals surface area contributed by atoms with Crippen molar-refractivity contribution in [1.82, 2.24) is 4.90 Å². The molecule has 0 radical (unpaired) electrons. The minimum absolute atomic E-state index is 0.0162. The van der Waals surface area contributed by atoms with Crippen LogP contribution in [0, 0.1) is 23.7 Å². The lowest BCUT2D eigenvalue weighted by Gasteiger charge is -2.60. The van der Waals surface area contributed by atoms with Gasteiger partial charge in [-0.05, 0) is 91.3 Å². The molecule has 1 heterocycles. The van der Waals surface area contributed by atoms with Crippen molar-refractivity contribution < 1.29 is 48.7 Å². The molecular formula is C53H68N2O10. The van der Waals surface area contributed by atoms with E-state index in [0.717, 1.165) is 73.6 Å². The molecule has 65 heavy (non-hydrogen) atoms. The molecule has 1 aliphatic heterocycles. The van der Waals surface area contributed by atoms with Gasteiger partial charge in [-0.3, -0.25) is 9.59 Å². The number of ether oxygens (including phenoxy) is 4. The molecule has 0 saturated heterocycles. The molecule has 2 fully saturated rings. The Kier molecular flexibility index (Phi) is 17.8. The number of carbonyl (C=O) groups excluding carboxylic acids is 2. The number of allylic oxidation sites excluding steroid dienone is 1. The van der Waals surface area contributed by atoms with E-state index in [4.69, 9.17) is 28.9 Å². The zero-order valence-electron chi connectivity index (χ0n) is 37.8. The van der Waals surface area contributed by atoms with E-state index >= 15 is 0 Å². The van der Waals surface area contributed by atoms with Crippen LogP contribution in [0.2, 0.25) is 0 Å². The Bertz CT molecular complexity index is 2070. The van der Waals surface area contributed by atoms with E-state index in [2.05, 4.69) is 12.7 Å². The Morgan fingerprint density at radius 2 is 1.68 bits per heavy atom. The largest absolute Gasteiger partial charge is 0.459 e. The van der Waals surface area contributed by atoms with Crippen molar-refractivity contribution in [3.8, 4) is 17.2 Å². The number of fused-ring (bicyclic) bond motifs is 2. The first-order chi connectivity index (χ1) is 31.9. The third-order valence-corrected chi connectivity index (χ3v) is 13.8. The third kappa shape index (κ3) is 11.8. The molecule has 6 atom stereocenters. The number of aliphatic hydroxyl groups is 3. The van der Waals surface area contributed by atoms with E-state index in [1.165, 1.54) is 12.8 Å². The second-order valence-corrected chi connectivity index (χ2v) is 17.9. The molecule has 1 amide bonds. The molecule has 0 aromatic heterocycles. The van der Waals surface area contributed by atoms with Gasteiger partial charge in [0.25, 0.3) is 0 Å². The Balaban J connectivity index is 1.41. The Labute approximate surface area is 384 Å². The predicted molar refractivity (Wildman–Crippen MR) is 249 cm³/mol. The normalized spacial score (nSPS) is 24.1. The van der Waals surface area contributed by atoms with Crippen LogP contribution in [-0.4, -0.2) is 96.1 Å². The molecule has 12 nitrogen and oxygen atoms in total. The smallest absolute Gasteiger partial charge is 0.239 e. The van der Waals surface area contributed by atoms with E-state index in [1.807, 2.05) is 59.5 Å². The number of hydrogen-bond donors (Lipinski definition) is 3. The van der Waals surface area contributed by atoms with Crippen molar-refractivity contribution in [2.75, 3.05) is 46.2 Å². The number of nitrogens with zero attached hydrogens (tertiary/aromatic N) is 2. The molecule has 4 aliphatic rings. The van der Waals surface area contributed by atoms with Crippen molar-refractivity contribution in [3.05, 3.63) is 114 Å². The zero-order chi connectivity index (χ0) is 45.4. The summed E-state index contributed by atoms with van der Waals surface area (Å²) in [5, 5.41) is 34.6. The van der Waals surface area contributed by atoms with Gasteiger partial charge in [0.2, 0.25) is 11.7 Å². The summed E-state index contributed by atoms with van der Waals surface area (Å²) >= 11 is 0. The number of aliphatic hydroxyl groups excluding tert-OH is 3. The molecule has 7 rings (SSSR count). The van der Waals surface area contributed by atoms with Crippen LogP contribution >= 0.6 is 0 Å². The molecule has 3 N–H and O–H groups in total. The molecular weight excluding hydrogens is 825 g/mol. The third-order valence-electron chi connectivity index (χ3n) is 13.8. The number of oxime groups is 1. The van der Waals surface area contributed by atoms with Gasteiger partial charge in [-0.25, -0.2) is 0 Å². The Morgan fingerprint density at radius 1 is 0.892 bits per heavy atom. The number of rotatable bonds is 26. The van der Waals surface area contributed by atoms with Crippen molar-refractivity contribution in [1.29, 1.82) is 0 Å². The van der Waals surface area contributed by atoms with E-state index < -0.39 is 17.7 Å². The minimum Gasteiger partial charge on any atom is -0.459 e. The maximum Gasteiger partial charge on any atom is 0.239 e. The second kappa shape index (κ2) is 24.1. The summed E-state index contributed by atoms with van der Waals surface area (Å²) < 4.78 is 26.9. The highest BCUT2D eigenvalue weighted by Crippen LogP contribution is 2.62. The average Bonchev–Trinajstić information content (AvgIpc) is 3.86. The first-order valence-electron chi connectivity index (χ1n) is 23.9. The molecule has 3 aliphatic carbocycles. The highest BCUT2D eigenvalue weighted by Gasteiger charge is 2.65. The number of aldehydes is 1. The molecule has 12 heteroatoms. The van der Waals surface area contributed by atoms with Crippen LogP contribution in [0.15, 0.2) is 102 Å². The van der Waals surface area contributed by atoms with Crippen LogP contribution in [-0.2, 0) is 25.7 Å². The topological polar surface area (TPSA) is 157 Å². The SMILES string of the molecule is C=CCOC12Oc3ccc(Oc4cccc(C=O)c4)cc3C3C(CCCCO)C(CCCCO)C=C(C(=NOCc4ccccc4)CC1N(CCOCCO)C(=O)CCC1CCCC1)C32. The Morgan fingerprint density at radius 3 is 2.43 bits per heavy atom. The van der Waals surface area contributed by atoms with Gasteiger partial charge in [0.1, 0.15) is 36.2 Å². The lowest BCUT2D eigenvalue weighted by molar-refractivity contribution is -0.258. The van der Waals surface area contributed by atoms with Gasteiger partial charge in [-0.15, -0.1) is 6.58 Å². The maximum atomic E-state index is 15.0. The van der Waals surface area contributed by atoms with Gasteiger partial charge >= 0.3 is 0 Å². The molecule has 3 aromatic rings. The lowest BCUT2D eigenvalue weighted by atomic mass is 9.55. The first-order valence-corrected chi connectivity index (χ1v) is 23.9. The van der Waals surface area contributed by atoms with Crippen molar-refractivity contribution in [2.45, 2.75) is 108 Å². The van der Waals surface area contributed by atoms with Crippen LogP contribution in [0.5, 0.6) is 17.2 Å². The number of benzene rings is 3. The molecule has 6 unspecified atom stereocenters. The van der Waals surface area contributed by atoms with Gasteiger partial charge < -0.3 is 44.0 Å². The maximum absolute atomic E-state index is 15.0. The molecule has 3 aromatic carbocycles. The van der Waals surface area contributed by atoms with E-state index in [1.54, 1.807) is 24.3 Å². The van der Waals surface area contributed by atoms with Gasteiger partial charge in [-0.2, -0.15) is 0 Å². The van der Waals surface area contributed by atoms with Crippen molar-refractivity contribution in [3.63, 3.8) is 0 Å². The summed E-state index contributed by atoms with van der Waals surface area (Å²) in [4.78, 5) is 34.8. The van der Waals surface area contributed by atoms with Gasteiger partial charge in [0, 0.05) is 49.6 Å². The molecule has 2 saturated carbocycles. The van der Waals surface area contributed by atoms with Crippen LogP contribution in [0.1, 0.15) is 111 Å². The standard InChI is InChI=1S/C53H68N2O10/c1-2-29-62-53-49(55(25-30-61-31-28-58)50(60)24-21-38-13-6-7-14-38)35-47(54-63-37-39-15-4-3-5-16-39)45-33-41(18-8-10-26-56)44(20-9-11-27-57)51(52(45)53)46-34-43(22-23-48(46)65-53)64-42-19-12-17-40(32-42)36-59/h2-5,12,15-17,19,22-23,32-34,36,38,41,44,49,51-52,56-58H,1,6-11,13-14,18,20-21,24-31,35,37H2. The van der Waals surface area contributed by atoms with Crippen molar-refractivity contribution >= 4 is 17.9 Å². The zero-order valence-corrected chi connectivity index (χ0v) is 37.8. The van der Waals surface area contributed by atoms with Gasteiger partial charge in [-0.1, -0.05) is 98.3 Å². The second-order valence-electron chi connectivity index (χ2n) is 17.9. The molecule has 0 bridgehead atoms. The highest BCUT2D eigenvalue weighted by atomic mass is 16.7. The van der Waals surface area contributed by atoms with E-state index in [-0.39, 0.29) is 82.9 Å². The number of hydrogen-bond acceptors (Lipinski definition) is 11. The summed E-state index contributed by atoms with van der Waals surface area (Å²) in [5.74, 6) is 0.149. The fraction of sp³-hybridized carbons (Fsp3) is 0.528. The van der Waals surface area contributed by atoms with Crippen molar-refractivity contribution in [2.24, 2.45) is 28.8 Å². The van der Waals surface area contributed by atoms with Crippen LogP contribution < -0.4 is 9.47 Å². The summed E-state index contributed by atoms with van der Waals surface area (Å²) in [6.07, 6.45) is 15.4. The average molecular weight is 893 g/mol. The number of amides is 1. The van der Waals surface area contributed by atoms with Crippen LogP contribution in [0.25, 0.3) is 0 Å². The summed E-state index contributed by atoms with van der Waals surface area (Å²) in [5.41, 5.74) is 4.07. The minimum atomic E-state index is -1.41. The summed E-state index contributed by atoms with van der Waals surface area (Å²) in [6, 6.07) is 22.1. The highest BCUT2D eigenvalue weighted by molar-refractivity contribution is 6.03. The molecule has 0 spiro atoms. The van der Waals surface area contributed by atoms with E-state index in [0.29, 0.717) is 48.0 Å². The Hall–Kier alpha value is -4.85. The first kappa shape index (κ1) is 48.1. The summed E-state index contributed by atoms with van der Waals surface area (Å²) in [7, 11) is 0. The number of unbranched alkanes of at least 4 members (excludes halogenated alkanes) is 2. The fourth-order valence-electron chi connectivity index (χ4n) is 10.8. The monoisotopic (exact) mass is 892 g/mol. The lowest BCUT2D eigenvalue weighted by Crippen LogP contribution is -2.70. The quantitative estimate of drug-likeness (QED) is 0.0308. The van der Waals surface area contributed by atoms with Gasteiger partial charge in [0.15, 0.2) is 0 Å². The molecule has 350 valence electrons.